The lowest BCUT2D eigenvalue weighted by Crippen LogP contribution is -2.12. The lowest BCUT2D eigenvalue weighted by Gasteiger charge is -2.23. The summed E-state index contributed by atoms with van der Waals surface area (Å²) in [6.07, 6.45) is 2.00. The molecule has 0 aromatic heterocycles. The van der Waals surface area contributed by atoms with Gasteiger partial charge in [0.25, 0.3) is 0 Å². The fourth-order valence-corrected chi connectivity index (χ4v) is 2.86. The first kappa shape index (κ1) is 16.2. The van der Waals surface area contributed by atoms with Gasteiger partial charge < -0.3 is 5.32 Å². The second-order valence-electron chi connectivity index (χ2n) is 5.24. The van der Waals surface area contributed by atoms with Gasteiger partial charge in [0.1, 0.15) is 0 Å². The van der Waals surface area contributed by atoms with Crippen LogP contribution in [-0.4, -0.2) is 0 Å². The molecule has 1 N–H and O–H groups in total. The molecule has 0 aliphatic rings. The van der Waals surface area contributed by atoms with Gasteiger partial charge in [-0.05, 0) is 48.6 Å². The van der Waals surface area contributed by atoms with Gasteiger partial charge in [-0.25, -0.2) is 0 Å². The van der Waals surface area contributed by atoms with E-state index in [9.17, 15) is 0 Å². The van der Waals surface area contributed by atoms with Crippen molar-refractivity contribution in [3.8, 4) is 0 Å². The highest BCUT2D eigenvalue weighted by Gasteiger charge is 2.13. The summed E-state index contributed by atoms with van der Waals surface area (Å²) in [5.74, 6) is 0. The fraction of sp³-hybridized carbons (Fsp3) is 0.333. The fourth-order valence-electron chi connectivity index (χ4n) is 2.55. The maximum Gasteiger partial charge on any atom is 0.0595 e. The topological polar surface area (TPSA) is 12.0 Å². The Hall–Kier alpha value is -1.18. The van der Waals surface area contributed by atoms with Gasteiger partial charge in [-0.1, -0.05) is 61.3 Å². The number of rotatable bonds is 5. The Labute approximate surface area is 137 Å². The van der Waals surface area contributed by atoms with Crippen LogP contribution in [0.1, 0.15) is 43.0 Å². The third-order valence-electron chi connectivity index (χ3n) is 3.81. The van der Waals surface area contributed by atoms with Crippen LogP contribution in [0, 0.1) is 6.92 Å². The van der Waals surface area contributed by atoms with E-state index >= 15 is 0 Å². The maximum atomic E-state index is 6.15. The van der Waals surface area contributed by atoms with Gasteiger partial charge in [0, 0.05) is 5.69 Å². The van der Waals surface area contributed by atoms with Crippen LogP contribution in [0.2, 0.25) is 10.0 Å². The van der Waals surface area contributed by atoms with Gasteiger partial charge in [0.15, 0.2) is 0 Å². The first-order valence-corrected chi connectivity index (χ1v) is 8.12. The zero-order valence-electron chi connectivity index (χ0n) is 12.7. The summed E-state index contributed by atoms with van der Waals surface area (Å²) in [5.41, 5.74) is 5.01. The van der Waals surface area contributed by atoms with Crippen LogP contribution in [0.5, 0.6) is 0 Å². The van der Waals surface area contributed by atoms with Crippen LogP contribution in [0.4, 0.5) is 5.69 Å². The van der Waals surface area contributed by atoms with Crippen molar-refractivity contribution in [3.05, 3.63) is 63.1 Å². The normalized spacial score (nSPS) is 12.2. The van der Waals surface area contributed by atoms with Crippen molar-refractivity contribution in [3.63, 3.8) is 0 Å². The monoisotopic (exact) mass is 321 g/mol. The Bertz CT molecular complexity index is 623. The third-order valence-corrected chi connectivity index (χ3v) is 4.55. The van der Waals surface area contributed by atoms with Crippen molar-refractivity contribution < 1.29 is 0 Å². The first-order chi connectivity index (χ1) is 10.1. The number of nitrogens with one attached hydrogen (secondary N) is 1. The molecule has 3 heteroatoms. The molecule has 1 nitrogen and oxygen atoms in total. The van der Waals surface area contributed by atoms with E-state index in [0.717, 1.165) is 18.4 Å². The van der Waals surface area contributed by atoms with Gasteiger partial charge in [-0.3, -0.25) is 0 Å². The van der Waals surface area contributed by atoms with Gasteiger partial charge in [0.2, 0.25) is 0 Å². The minimum Gasteiger partial charge on any atom is -0.378 e. The van der Waals surface area contributed by atoms with E-state index in [1.54, 1.807) is 0 Å². The highest BCUT2D eigenvalue weighted by molar-refractivity contribution is 6.42. The largest absolute Gasteiger partial charge is 0.378 e. The van der Waals surface area contributed by atoms with E-state index in [-0.39, 0.29) is 6.04 Å². The molecule has 2 aromatic rings. The molecular weight excluding hydrogens is 301 g/mol. The summed E-state index contributed by atoms with van der Waals surface area (Å²) >= 11 is 12.2. The molecule has 2 rings (SSSR count). The van der Waals surface area contributed by atoms with Gasteiger partial charge >= 0.3 is 0 Å². The standard InChI is InChI=1S/C18H21Cl2N/c1-4-13-8-6-7-12(3)18(13)21-17(5-2)14-9-10-15(19)16(20)11-14/h6-11,17,21H,4-5H2,1-3H3. The number of anilines is 1. The zero-order valence-corrected chi connectivity index (χ0v) is 14.2. The molecule has 0 bridgehead atoms. The van der Waals surface area contributed by atoms with Crippen LogP contribution in [0.25, 0.3) is 0 Å². The van der Waals surface area contributed by atoms with Crippen LogP contribution < -0.4 is 5.32 Å². The van der Waals surface area contributed by atoms with Gasteiger partial charge in [-0.2, -0.15) is 0 Å². The highest BCUT2D eigenvalue weighted by atomic mass is 35.5. The van der Waals surface area contributed by atoms with E-state index in [2.05, 4.69) is 44.3 Å². The molecule has 112 valence electrons. The predicted molar refractivity (Wildman–Crippen MR) is 93.7 cm³/mol. The average molecular weight is 322 g/mol. The minimum absolute atomic E-state index is 0.228. The molecule has 0 aliphatic carbocycles. The zero-order chi connectivity index (χ0) is 15.4. The summed E-state index contributed by atoms with van der Waals surface area (Å²) in [6, 6.07) is 12.5. The summed E-state index contributed by atoms with van der Waals surface area (Å²) in [7, 11) is 0. The lowest BCUT2D eigenvalue weighted by molar-refractivity contribution is 0.746. The van der Waals surface area contributed by atoms with Crippen molar-refractivity contribution in [1.29, 1.82) is 0 Å². The molecule has 1 atom stereocenters. The molecule has 2 aromatic carbocycles. The molecule has 0 saturated heterocycles. The van der Waals surface area contributed by atoms with Crippen LogP contribution in [0.3, 0.4) is 0 Å². The smallest absolute Gasteiger partial charge is 0.0595 e. The quantitative estimate of drug-likeness (QED) is 0.669. The molecule has 1 unspecified atom stereocenters. The van der Waals surface area contributed by atoms with Crippen molar-refractivity contribution >= 4 is 28.9 Å². The maximum absolute atomic E-state index is 6.15. The predicted octanol–water partition coefficient (Wildman–Crippen LogP) is 6.43. The molecule has 0 radical (unpaired) electrons. The van der Waals surface area contributed by atoms with E-state index in [4.69, 9.17) is 23.2 Å². The molecular formula is C18H21Cl2N. The summed E-state index contributed by atoms with van der Waals surface area (Å²) in [5, 5.41) is 4.88. The molecule has 0 aliphatic heterocycles. The third kappa shape index (κ3) is 3.72. The number of benzene rings is 2. The number of aryl methyl sites for hydroxylation is 2. The summed E-state index contributed by atoms with van der Waals surface area (Å²) in [6.45, 7) is 6.49. The second kappa shape index (κ2) is 7.20. The number of halogens is 2. The molecule has 0 spiro atoms. The highest BCUT2D eigenvalue weighted by Crippen LogP contribution is 2.31. The van der Waals surface area contributed by atoms with Crippen molar-refractivity contribution in [2.75, 3.05) is 5.32 Å². The summed E-state index contributed by atoms with van der Waals surface area (Å²) < 4.78 is 0. The molecule has 0 heterocycles. The van der Waals surface area contributed by atoms with Crippen molar-refractivity contribution in [1.82, 2.24) is 0 Å². The van der Waals surface area contributed by atoms with Crippen molar-refractivity contribution in [2.45, 2.75) is 39.7 Å². The van der Waals surface area contributed by atoms with E-state index < -0.39 is 0 Å². The lowest BCUT2D eigenvalue weighted by atomic mass is 10.0. The molecule has 0 amide bonds. The Balaban J connectivity index is 2.33. The van der Waals surface area contributed by atoms with Gasteiger partial charge in [0.05, 0.1) is 16.1 Å². The number of hydrogen-bond donors (Lipinski definition) is 1. The average Bonchev–Trinajstić information content (AvgIpc) is 2.49. The number of hydrogen-bond acceptors (Lipinski definition) is 1. The minimum atomic E-state index is 0.228. The van der Waals surface area contributed by atoms with E-state index in [1.165, 1.54) is 16.8 Å². The Morgan fingerprint density at radius 2 is 1.81 bits per heavy atom. The summed E-state index contributed by atoms with van der Waals surface area (Å²) in [4.78, 5) is 0. The molecule has 0 fully saturated rings. The van der Waals surface area contributed by atoms with Crippen molar-refractivity contribution in [2.24, 2.45) is 0 Å². The Morgan fingerprint density at radius 1 is 1.05 bits per heavy atom. The Morgan fingerprint density at radius 3 is 2.43 bits per heavy atom. The van der Waals surface area contributed by atoms with E-state index in [1.807, 2.05) is 18.2 Å². The van der Waals surface area contributed by atoms with E-state index in [0.29, 0.717) is 10.0 Å². The second-order valence-corrected chi connectivity index (χ2v) is 6.06. The van der Waals surface area contributed by atoms with Crippen LogP contribution in [0.15, 0.2) is 36.4 Å². The van der Waals surface area contributed by atoms with Crippen LogP contribution in [-0.2, 0) is 6.42 Å². The van der Waals surface area contributed by atoms with Gasteiger partial charge in [-0.15, -0.1) is 0 Å². The number of para-hydroxylation sites is 1. The first-order valence-electron chi connectivity index (χ1n) is 7.36. The van der Waals surface area contributed by atoms with Crippen LogP contribution >= 0.6 is 23.2 Å². The molecule has 0 saturated carbocycles. The Kier molecular flexibility index (Phi) is 5.55. The SMILES string of the molecule is CCc1cccc(C)c1NC(CC)c1ccc(Cl)c(Cl)c1. The molecule has 21 heavy (non-hydrogen) atoms.